The molecule has 1 aromatic heterocycles. The maximum atomic E-state index is 13.3. The summed E-state index contributed by atoms with van der Waals surface area (Å²) in [7, 11) is 4.79. The fraction of sp³-hybridized carbons (Fsp3) is 0.240. The van der Waals surface area contributed by atoms with Crippen LogP contribution in [0.3, 0.4) is 0 Å². The first-order valence-electron chi connectivity index (χ1n) is 10.5. The number of carbonyl (C=O) groups excluding carboxylic acids is 2. The molecule has 1 aliphatic rings. The van der Waals surface area contributed by atoms with Gasteiger partial charge in [-0.15, -0.1) is 0 Å². The number of hydrogen-bond donors (Lipinski definition) is 0. The molecule has 0 spiro atoms. The van der Waals surface area contributed by atoms with E-state index in [-0.39, 0.29) is 30.2 Å². The third-order valence-corrected chi connectivity index (χ3v) is 5.54. The SMILES string of the molecule is COc1ccc(C2=NN(C(=O)CN(C)C(=O)c3ccco3)[C@@H](c3ccc(OC)cc3)C2)cc1. The highest BCUT2D eigenvalue weighted by Gasteiger charge is 2.34. The number of hydrazone groups is 1. The van der Waals surface area contributed by atoms with Crippen molar-refractivity contribution in [2.45, 2.75) is 12.5 Å². The Hall–Kier alpha value is -4.07. The molecule has 0 N–H and O–H groups in total. The predicted octanol–water partition coefficient (Wildman–Crippen LogP) is 3.75. The Labute approximate surface area is 192 Å². The van der Waals surface area contributed by atoms with Gasteiger partial charge in [0.2, 0.25) is 0 Å². The molecule has 1 aliphatic heterocycles. The molecule has 0 saturated carbocycles. The zero-order chi connectivity index (χ0) is 23.4. The number of carbonyl (C=O) groups is 2. The summed E-state index contributed by atoms with van der Waals surface area (Å²) in [5, 5.41) is 6.12. The van der Waals surface area contributed by atoms with Crippen LogP contribution in [0.1, 0.15) is 34.1 Å². The molecule has 2 amide bonds. The minimum absolute atomic E-state index is 0.133. The van der Waals surface area contributed by atoms with Crippen molar-refractivity contribution in [1.29, 1.82) is 0 Å². The van der Waals surface area contributed by atoms with Crippen molar-refractivity contribution in [3.05, 3.63) is 83.8 Å². The molecule has 0 aliphatic carbocycles. The molecule has 0 fully saturated rings. The number of rotatable bonds is 7. The molecular weight excluding hydrogens is 422 g/mol. The van der Waals surface area contributed by atoms with Gasteiger partial charge in [0.1, 0.15) is 18.0 Å². The van der Waals surface area contributed by atoms with Crippen molar-refractivity contribution in [2.75, 3.05) is 27.8 Å². The lowest BCUT2D eigenvalue weighted by molar-refractivity contribution is -0.133. The zero-order valence-corrected chi connectivity index (χ0v) is 18.7. The van der Waals surface area contributed by atoms with Crippen LogP contribution in [0.2, 0.25) is 0 Å². The van der Waals surface area contributed by atoms with Crippen LogP contribution in [0.25, 0.3) is 0 Å². The highest BCUT2D eigenvalue weighted by molar-refractivity contribution is 6.03. The number of methoxy groups -OCH3 is 2. The van der Waals surface area contributed by atoms with Crippen molar-refractivity contribution < 1.29 is 23.5 Å². The summed E-state index contributed by atoms with van der Waals surface area (Å²) in [5.74, 6) is 1.00. The molecule has 0 saturated heterocycles. The Bertz CT molecular complexity index is 1140. The van der Waals surface area contributed by atoms with Crippen molar-refractivity contribution >= 4 is 17.5 Å². The summed E-state index contributed by atoms with van der Waals surface area (Å²) in [4.78, 5) is 27.1. The Balaban J connectivity index is 1.59. The number of amides is 2. The summed E-state index contributed by atoms with van der Waals surface area (Å²) in [5.41, 5.74) is 2.62. The summed E-state index contributed by atoms with van der Waals surface area (Å²) in [6, 6.07) is 18.0. The van der Waals surface area contributed by atoms with E-state index in [4.69, 9.17) is 13.9 Å². The van der Waals surface area contributed by atoms with Crippen molar-refractivity contribution in [2.24, 2.45) is 5.10 Å². The molecule has 170 valence electrons. The smallest absolute Gasteiger partial charge is 0.289 e. The van der Waals surface area contributed by atoms with Crippen LogP contribution in [0, 0.1) is 0 Å². The Morgan fingerprint density at radius 2 is 1.67 bits per heavy atom. The molecule has 4 rings (SSSR count). The van der Waals surface area contributed by atoms with Crippen LogP contribution in [0.15, 0.2) is 76.4 Å². The average Bonchev–Trinajstić information content (AvgIpc) is 3.54. The van der Waals surface area contributed by atoms with Crippen LogP contribution in [0.5, 0.6) is 11.5 Å². The van der Waals surface area contributed by atoms with Gasteiger partial charge >= 0.3 is 0 Å². The predicted molar refractivity (Wildman–Crippen MR) is 122 cm³/mol. The summed E-state index contributed by atoms with van der Waals surface area (Å²) >= 11 is 0. The lowest BCUT2D eigenvalue weighted by atomic mass is 9.98. The minimum atomic E-state index is -0.368. The second kappa shape index (κ2) is 9.60. The molecule has 8 nitrogen and oxygen atoms in total. The Kier molecular flexibility index (Phi) is 6.44. The van der Waals surface area contributed by atoms with Gasteiger partial charge in [-0.25, -0.2) is 5.01 Å². The number of benzene rings is 2. The van der Waals surface area contributed by atoms with Gasteiger partial charge < -0.3 is 18.8 Å². The molecule has 0 bridgehead atoms. The molecule has 0 unspecified atom stereocenters. The maximum Gasteiger partial charge on any atom is 0.289 e. The monoisotopic (exact) mass is 447 g/mol. The lowest BCUT2D eigenvalue weighted by Crippen LogP contribution is -2.39. The molecule has 1 atom stereocenters. The number of likely N-dealkylation sites (N-methyl/N-ethyl adjacent to an activating group) is 1. The van der Waals surface area contributed by atoms with Gasteiger partial charge in [0.05, 0.1) is 32.2 Å². The first kappa shape index (κ1) is 22.1. The third kappa shape index (κ3) is 4.74. The van der Waals surface area contributed by atoms with Crippen molar-refractivity contribution in [1.82, 2.24) is 9.91 Å². The second-order valence-electron chi connectivity index (χ2n) is 7.65. The van der Waals surface area contributed by atoms with E-state index < -0.39 is 0 Å². The number of furan rings is 1. The molecular formula is C25H25N3O5. The van der Waals surface area contributed by atoms with E-state index in [0.29, 0.717) is 6.42 Å². The lowest BCUT2D eigenvalue weighted by Gasteiger charge is -2.24. The summed E-state index contributed by atoms with van der Waals surface area (Å²) in [6.45, 7) is -0.133. The highest BCUT2D eigenvalue weighted by Crippen LogP contribution is 2.34. The van der Waals surface area contributed by atoms with Crippen LogP contribution < -0.4 is 9.47 Å². The van der Waals surface area contributed by atoms with E-state index in [9.17, 15) is 9.59 Å². The van der Waals surface area contributed by atoms with Gasteiger partial charge in [-0.05, 0) is 59.7 Å². The van der Waals surface area contributed by atoms with Gasteiger partial charge in [0.25, 0.3) is 11.8 Å². The Morgan fingerprint density at radius 3 is 2.24 bits per heavy atom. The molecule has 3 aromatic rings. The largest absolute Gasteiger partial charge is 0.497 e. The van der Waals surface area contributed by atoms with Crippen molar-refractivity contribution in [3.63, 3.8) is 0 Å². The number of hydrogen-bond acceptors (Lipinski definition) is 6. The maximum absolute atomic E-state index is 13.3. The molecule has 0 radical (unpaired) electrons. The van der Waals surface area contributed by atoms with E-state index >= 15 is 0 Å². The van der Waals surface area contributed by atoms with Crippen molar-refractivity contribution in [3.8, 4) is 11.5 Å². The fourth-order valence-corrected chi connectivity index (χ4v) is 3.72. The number of nitrogens with zero attached hydrogens (tertiary/aromatic N) is 3. The van der Waals surface area contributed by atoms with Gasteiger partial charge in [-0.3, -0.25) is 9.59 Å². The Morgan fingerprint density at radius 1 is 1.03 bits per heavy atom. The van der Waals surface area contributed by atoms with E-state index in [1.165, 1.54) is 16.2 Å². The highest BCUT2D eigenvalue weighted by atomic mass is 16.5. The first-order chi connectivity index (χ1) is 16.0. The quantitative estimate of drug-likeness (QED) is 0.551. The first-order valence-corrected chi connectivity index (χ1v) is 10.5. The third-order valence-electron chi connectivity index (χ3n) is 5.54. The summed E-state index contributed by atoms with van der Waals surface area (Å²) in [6.07, 6.45) is 1.97. The zero-order valence-electron chi connectivity index (χ0n) is 18.7. The molecule has 8 heteroatoms. The van der Waals surface area contributed by atoms with Gasteiger partial charge in [0.15, 0.2) is 5.76 Å². The van der Waals surface area contributed by atoms with Gasteiger partial charge in [-0.2, -0.15) is 5.10 Å². The number of ether oxygens (including phenoxy) is 2. The minimum Gasteiger partial charge on any atom is -0.497 e. The molecule has 33 heavy (non-hydrogen) atoms. The topological polar surface area (TPSA) is 84.6 Å². The van der Waals surface area contributed by atoms with E-state index in [2.05, 4.69) is 5.10 Å². The van der Waals surface area contributed by atoms with E-state index in [1.807, 2.05) is 48.5 Å². The van der Waals surface area contributed by atoms with Crippen LogP contribution in [-0.2, 0) is 4.79 Å². The normalized spacial score (nSPS) is 15.2. The van der Waals surface area contributed by atoms with Gasteiger partial charge in [-0.1, -0.05) is 12.1 Å². The summed E-state index contributed by atoms with van der Waals surface area (Å²) < 4.78 is 15.7. The fourth-order valence-electron chi connectivity index (χ4n) is 3.72. The molecule has 2 aromatic carbocycles. The van der Waals surface area contributed by atoms with Crippen LogP contribution >= 0.6 is 0 Å². The van der Waals surface area contributed by atoms with Gasteiger partial charge in [0, 0.05) is 13.5 Å². The standard InChI is InChI=1S/C25H25N3O5/c1-27(25(30)23-5-4-14-33-23)16-24(29)28-22(18-8-12-20(32-3)13-9-18)15-21(26-28)17-6-10-19(31-2)11-7-17/h4-14,22H,15-16H2,1-3H3/t22-/m1/s1. The second-order valence-corrected chi connectivity index (χ2v) is 7.65. The van der Waals surface area contributed by atoms with Crippen LogP contribution in [-0.4, -0.2) is 55.2 Å². The van der Waals surface area contributed by atoms with E-state index in [1.54, 1.807) is 33.4 Å². The molecule has 2 heterocycles. The van der Waals surface area contributed by atoms with Crippen LogP contribution in [0.4, 0.5) is 0 Å². The van der Waals surface area contributed by atoms with E-state index in [0.717, 1.165) is 28.3 Å². The average molecular weight is 447 g/mol.